The van der Waals surface area contributed by atoms with Gasteiger partial charge in [0, 0.05) is 6.21 Å². The molecule has 0 bridgehead atoms. The maximum atomic E-state index is 6.80. The van der Waals surface area contributed by atoms with Gasteiger partial charge in [-0.05, 0) is 17.2 Å². The zero-order valence-electron chi connectivity index (χ0n) is 4.52. The van der Waals surface area contributed by atoms with Gasteiger partial charge in [-0.1, -0.05) is 18.7 Å². The van der Waals surface area contributed by atoms with Crippen LogP contribution in [0.2, 0.25) is 0 Å². The van der Waals surface area contributed by atoms with Crippen LogP contribution in [0, 0.1) is 5.41 Å². The number of hydrogen-bond acceptors (Lipinski definition) is 1. The fraction of sp³-hybridized carbons (Fsp3) is 0. The van der Waals surface area contributed by atoms with E-state index in [0.717, 1.165) is 11.1 Å². The van der Waals surface area contributed by atoms with Gasteiger partial charge in [0.15, 0.2) is 0 Å². The van der Waals surface area contributed by atoms with Crippen LogP contribution in [0.1, 0.15) is 0 Å². The van der Waals surface area contributed by atoms with Crippen molar-refractivity contribution in [3.63, 3.8) is 0 Å². The van der Waals surface area contributed by atoms with Gasteiger partial charge in [0.25, 0.3) is 0 Å². The van der Waals surface area contributed by atoms with Crippen molar-refractivity contribution in [1.82, 2.24) is 0 Å². The number of nitrogens with one attached hydrogen (secondary N) is 1. The van der Waals surface area contributed by atoms with E-state index in [1.165, 1.54) is 6.21 Å². The first-order valence-electron chi connectivity index (χ1n) is 2.42. The van der Waals surface area contributed by atoms with Crippen molar-refractivity contribution < 1.29 is 0 Å². The molecular formula is C7H7N. The summed E-state index contributed by atoms with van der Waals surface area (Å²) in [7, 11) is 0. The SMILES string of the molecule is C=C1C=CC(C=N)=C1. The maximum Gasteiger partial charge on any atom is 0.0250 e. The van der Waals surface area contributed by atoms with Crippen LogP contribution in [0.5, 0.6) is 0 Å². The Balaban J connectivity index is 2.87. The predicted molar refractivity (Wildman–Crippen MR) is 35.1 cm³/mol. The van der Waals surface area contributed by atoms with E-state index in [2.05, 4.69) is 6.58 Å². The molecule has 1 rings (SSSR count). The molecule has 0 saturated carbocycles. The summed E-state index contributed by atoms with van der Waals surface area (Å²) >= 11 is 0. The molecule has 0 aliphatic heterocycles. The summed E-state index contributed by atoms with van der Waals surface area (Å²) in [6, 6.07) is 0. The lowest BCUT2D eigenvalue weighted by atomic mass is 10.3. The van der Waals surface area contributed by atoms with Gasteiger partial charge in [0.1, 0.15) is 0 Å². The Morgan fingerprint density at radius 1 is 1.50 bits per heavy atom. The van der Waals surface area contributed by atoms with E-state index < -0.39 is 0 Å². The molecule has 0 heterocycles. The van der Waals surface area contributed by atoms with Crippen LogP contribution >= 0.6 is 0 Å². The van der Waals surface area contributed by atoms with Crippen LogP contribution in [0.25, 0.3) is 0 Å². The minimum atomic E-state index is 0.926. The molecule has 0 unspecified atom stereocenters. The standard InChI is InChI=1S/C7H7N/c1-6-2-3-7(4-6)5-8/h2-5,8H,1H2. The van der Waals surface area contributed by atoms with Gasteiger partial charge in [0.2, 0.25) is 0 Å². The first kappa shape index (κ1) is 5.04. The zero-order valence-corrected chi connectivity index (χ0v) is 4.52. The highest BCUT2D eigenvalue weighted by atomic mass is 14.3. The predicted octanol–water partition coefficient (Wildman–Crippen LogP) is 1.69. The molecule has 1 aliphatic rings. The lowest BCUT2D eigenvalue weighted by Gasteiger charge is -1.77. The van der Waals surface area contributed by atoms with Crippen molar-refractivity contribution in [1.29, 1.82) is 5.41 Å². The summed E-state index contributed by atoms with van der Waals surface area (Å²) in [5, 5.41) is 6.80. The van der Waals surface area contributed by atoms with E-state index in [1.54, 1.807) is 0 Å². The van der Waals surface area contributed by atoms with Crippen LogP contribution in [-0.4, -0.2) is 6.21 Å². The van der Waals surface area contributed by atoms with Crippen LogP contribution in [-0.2, 0) is 0 Å². The Morgan fingerprint density at radius 3 is 2.50 bits per heavy atom. The Labute approximate surface area is 48.5 Å². The molecule has 0 radical (unpaired) electrons. The van der Waals surface area contributed by atoms with E-state index >= 15 is 0 Å². The van der Waals surface area contributed by atoms with Gasteiger partial charge in [-0.3, -0.25) is 0 Å². The summed E-state index contributed by atoms with van der Waals surface area (Å²) in [6.07, 6.45) is 6.94. The summed E-state index contributed by atoms with van der Waals surface area (Å²) in [5.41, 5.74) is 1.90. The minimum Gasteiger partial charge on any atom is -0.308 e. The fourth-order valence-corrected chi connectivity index (χ4v) is 0.603. The molecule has 1 heteroatoms. The fourth-order valence-electron chi connectivity index (χ4n) is 0.603. The lowest BCUT2D eigenvalue weighted by molar-refractivity contribution is 1.56. The highest BCUT2D eigenvalue weighted by Crippen LogP contribution is 2.09. The van der Waals surface area contributed by atoms with Crippen LogP contribution in [0.15, 0.2) is 36.0 Å². The molecular weight excluding hydrogens is 98.1 g/mol. The van der Waals surface area contributed by atoms with Gasteiger partial charge < -0.3 is 5.41 Å². The third-order valence-corrected chi connectivity index (χ3v) is 1.01. The first-order valence-corrected chi connectivity index (χ1v) is 2.42. The number of allylic oxidation sites excluding steroid dienone is 5. The van der Waals surface area contributed by atoms with Crippen molar-refractivity contribution in [3.05, 3.63) is 36.0 Å². The van der Waals surface area contributed by atoms with E-state index in [1.807, 2.05) is 18.2 Å². The van der Waals surface area contributed by atoms with Gasteiger partial charge in [-0.25, -0.2) is 0 Å². The molecule has 0 aromatic carbocycles. The van der Waals surface area contributed by atoms with Crippen molar-refractivity contribution in [2.75, 3.05) is 0 Å². The van der Waals surface area contributed by atoms with E-state index in [-0.39, 0.29) is 0 Å². The molecule has 0 saturated heterocycles. The topological polar surface area (TPSA) is 23.9 Å². The smallest absolute Gasteiger partial charge is 0.0250 e. The second-order valence-electron chi connectivity index (χ2n) is 1.70. The zero-order chi connectivity index (χ0) is 5.98. The Bertz CT molecular complexity index is 185. The van der Waals surface area contributed by atoms with Crippen LogP contribution in [0.3, 0.4) is 0 Å². The third kappa shape index (κ3) is 0.757. The molecule has 0 spiro atoms. The Morgan fingerprint density at radius 2 is 2.25 bits per heavy atom. The van der Waals surface area contributed by atoms with Crippen LogP contribution in [0.4, 0.5) is 0 Å². The van der Waals surface area contributed by atoms with Crippen molar-refractivity contribution >= 4 is 6.21 Å². The quantitative estimate of drug-likeness (QED) is 0.491. The molecule has 0 amide bonds. The van der Waals surface area contributed by atoms with Gasteiger partial charge >= 0.3 is 0 Å². The Hall–Kier alpha value is -1.11. The highest BCUT2D eigenvalue weighted by molar-refractivity contribution is 5.83. The molecule has 0 atom stereocenters. The molecule has 1 aliphatic carbocycles. The largest absolute Gasteiger partial charge is 0.308 e. The van der Waals surface area contributed by atoms with Crippen molar-refractivity contribution in [3.8, 4) is 0 Å². The molecule has 40 valence electrons. The van der Waals surface area contributed by atoms with E-state index in [4.69, 9.17) is 5.41 Å². The van der Waals surface area contributed by atoms with E-state index in [9.17, 15) is 0 Å². The first-order chi connectivity index (χ1) is 3.83. The second kappa shape index (κ2) is 1.78. The molecule has 0 aromatic heterocycles. The highest BCUT2D eigenvalue weighted by Gasteiger charge is 1.93. The summed E-state index contributed by atoms with van der Waals surface area (Å²) < 4.78 is 0. The normalized spacial score (nSPS) is 16.5. The third-order valence-electron chi connectivity index (χ3n) is 1.01. The number of rotatable bonds is 1. The van der Waals surface area contributed by atoms with Gasteiger partial charge in [-0.15, -0.1) is 0 Å². The average molecular weight is 105 g/mol. The Kier molecular flexibility index (Phi) is 1.12. The van der Waals surface area contributed by atoms with Gasteiger partial charge in [0.05, 0.1) is 0 Å². The van der Waals surface area contributed by atoms with Crippen molar-refractivity contribution in [2.45, 2.75) is 0 Å². The van der Waals surface area contributed by atoms with Gasteiger partial charge in [-0.2, -0.15) is 0 Å². The summed E-state index contributed by atoms with van der Waals surface area (Å²) in [4.78, 5) is 0. The monoisotopic (exact) mass is 105 g/mol. The molecule has 0 aromatic rings. The average Bonchev–Trinajstić information content (AvgIpc) is 2.14. The van der Waals surface area contributed by atoms with E-state index in [0.29, 0.717) is 0 Å². The molecule has 1 nitrogen and oxygen atoms in total. The maximum absolute atomic E-state index is 6.80. The van der Waals surface area contributed by atoms with Crippen LogP contribution < -0.4 is 0 Å². The number of hydrogen-bond donors (Lipinski definition) is 1. The lowest BCUT2D eigenvalue weighted by Crippen LogP contribution is -1.69. The summed E-state index contributed by atoms with van der Waals surface area (Å²) in [6.45, 7) is 3.69. The van der Waals surface area contributed by atoms with Crippen molar-refractivity contribution in [2.24, 2.45) is 0 Å². The summed E-state index contributed by atoms with van der Waals surface area (Å²) in [5.74, 6) is 0. The second-order valence-corrected chi connectivity index (χ2v) is 1.70. The molecule has 8 heavy (non-hydrogen) atoms. The minimum absolute atomic E-state index is 0.926. The molecule has 0 fully saturated rings. The molecule has 1 N–H and O–H groups in total.